The van der Waals surface area contributed by atoms with Crippen molar-refractivity contribution in [2.24, 2.45) is 5.92 Å². The van der Waals surface area contributed by atoms with Crippen LogP contribution < -0.4 is 4.74 Å². The molecule has 0 amide bonds. The monoisotopic (exact) mass is 464 g/mol. The first-order valence-electron chi connectivity index (χ1n) is 10.7. The second-order valence-electron chi connectivity index (χ2n) is 7.60. The number of rotatable bonds is 10. The summed E-state index contributed by atoms with van der Waals surface area (Å²) in [5.74, 6) is -4.11. The smallest absolute Gasteiger partial charge is 0.320 e. The number of esters is 1. The highest BCUT2D eigenvalue weighted by Gasteiger charge is 2.27. The average molecular weight is 465 g/mol. The van der Waals surface area contributed by atoms with Crippen LogP contribution in [0.3, 0.4) is 0 Å². The van der Waals surface area contributed by atoms with Crippen LogP contribution in [0.25, 0.3) is 11.1 Å². The fourth-order valence-electron chi connectivity index (χ4n) is 3.72. The van der Waals surface area contributed by atoms with Gasteiger partial charge in [-0.1, -0.05) is 12.1 Å². The van der Waals surface area contributed by atoms with E-state index < -0.39 is 29.5 Å². The Morgan fingerprint density at radius 1 is 1.19 bits per heavy atom. The van der Waals surface area contributed by atoms with E-state index in [1.165, 1.54) is 6.07 Å². The summed E-state index contributed by atoms with van der Waals surface area (Å²) in [6, 6.07) is 9.15. The van der Waals surface area contributed by atoms with Crippen molar-refractivity contribution in [2.45, 2.75) is 50.0 Å². The van der Waals surface area contributed by atoms with Crippen LogP contribution in [0.5, 0.6) is 5.75 Å². The molecular formula is C24H26F2O5S. The predicted octanol–water partition coefficient (Wildman–Crippen LogP) is 5.70. The van der Waals surface area contributed by atoms with E-state index in [0.29, 0.717) is 16.9 Å². The SMILES string of the molecule is CCOC(=O)C(CCSc1c(F)cc(F)cc1-c1cccc(OC2CCCC2)c1)C(=O)O. The van der Waals surface area contributed by atoms with Gasteiger partial charge in [0.1, 0.15) is 17.4 Å². The first-order valence-corrected chi connectivity index (χ1v) is 11.7. The predicted molar refractivity (Wildman–Crippen MR) is 118 cm³/mol. The lowest BCUT2D eigenvalue weighted by Crippen LogP contribution is -2.26. The fraction of sp³-hybridized carbons (Fsp3) is 0.417. The van der Waals surface area contributed by atoms with Crippen molar-refractivity contribution in [3.8, 4) is 16.9 Å². The third-order valence-electron chi connectivity index (χ3n) is 5.28. The van der Waals surface area contributed by atoms with Crippen molar-refractivity contribution in [2.75, 3.05) is 12.4 Å². The Kier molecular flexibility index (Phi) is 8.50. The first kappa shape index (κ1) is 24.0. The Morgan fingerprint density at radius 3 is 2.62 bits per heavy atom. The summed E-state index contributed by atoms with van der Waals surface area (Å²) in [5, 5.41) is 9.29. The molecule has 0 aromatic heterocycles. The van der Waals surface area contributed by atoms with Gasteiger partial charge in [0.05, 0.1) is 17.6 Å². The normalized spacial score (nSPS) is 14.8. The summed E-state index contributed by atoms with van der Waals surface area (Å²) in [6.07, 6.45) is 4.35. The molecule has 1 saturated carbocycles. The lowest BCUT2D eigenvalue weighted by Gasteiger charge is -2.16. The van der Waals surface area contributed by atoms with Crippen LogP contribution in [0.2, 0.25) is 0 Å². The van der Waals surface area contributed by atoms with Gasteiger partial charge in [-0.15, -0.1) is 11.8 Å². The largest absolute Gasteiger partial charge is 0.490 e. The van der Waals surface area contributed by atoms with Crippen LogP contribution in [0.4, 0.5) is 8.78 Å². The lowest BCUT2D eigenvalue weighted by atomic mass is 10.0. The minimum absolute atomic E-state index is 0.0417. The highest BCUT2D eigenvalue weighted by molar-refractivity contribution is 7.99. The van der Waals surface area contributed by atoms with E-state index in [-0.39, 0.29) is 29.8 Å². The molecule has 2 aromatic carbocycles. The summed E-state index contributed by atoms with van der Waals surface area (Å²) in [6.45, 7) is 1.67. The molecule has 8 heteroatoms. The number of benzene rings is 2. The Hall–Kier alpha value is -2.61. The van der Waals surface area contributed by atoms with Crippen LogP contribution >= 0.6 is 11.8 Å². The van der Waals surface area contributed by atoms with Crippen molar-refractivity contribution < 1.29 is 33.0 Å². The third-order valence-corrected chi connectivity index (χ3v) is 6.42. The third kappa shape index (κ3) is 6.22. The van der Waals surface area contributed by atoms with Gasteiger partial charge < -0.3 is 14.6 Å². The molecule has 2 aromatic rings. The van der Waals surface area contributed by atoms with E-state index in [4.69, 9.17) is 9.47 Å². The zero-order valence-corrected chi connectivity index (χ0v) is 18.6. The maximum atomic E-state index is 14.7. The van der Waals surface area contributed by atoms with Gasteiger partial charge in [0.15, 0.2) is 5.92 Å². The van der Waals surface area contributed by atoms with Gasteiger partial charge in [0.2, 0.25) is 0 Å². The molecule has 1 unspecified atom stereocenters. The number of hydrogen-bond donors (Lipinski definition) is 1. The number of aliphatic carboxylic acids is 1. The van der Waals surface area contributed by atoms with Crippen molar-refractivity contribution in [3.05, 3.63) is 48.0 Å². The maximum absolute atomic E-state index is 14.7. The van der Waals surface area contributed by atoms with Crippen molar-refractivity contribution in [1.29, 1.82) is 0 Å². The van der Waals surface area contributed by atoms with Crippen LogP contribution in [-0.4, -0.2) is 35.5 Å². The van der Waals surface area contributed by atoms with Crippen molar-refractivity contribution in [3.63, 3.8) is 0 Å². The number of carbonyl (C=O) groups excluding carboxylic acids is 1. The fourth-order valence-corrected chi connectivity index (χ4v) is 4.81. The van der Waals surface area contributed by atoms with Gasteiger partial charge in [-0.3, -0.25) is 9.59 Å². The zero-order valence-electron chi connectivity index (χ0n) is 17.8. The van der Waals surface area contributed by atoms with Crippen LogP contribution in [0.15, 0.2) is 41.3 Å². The molecule has 5 nitrogen and oxygen atoms in total. The molecule has 1 N–H and O–H groups in total. The molecule has 1 aliphatic rings. The topological polar surface area (TPSA) is 72.8 Å². The van der Waals surface area contributed by atoms with Crippen LogP contribution in [0.1, 0.15) is 39.0 Å². The number of ether oxygens (including phenoxy) is 2. The average Bonchev–Trinajstić information content (AvgIpc) is 3.25. The van der Waals surface area contributed by atoms with Gasteiger partial charge in [-0.05, 0) is 68.5 Å². The van der Waals surface area contributed by atoms with E-state index in [9.17, 15) is 23.5 Å². The highest BCUT2D eigenvalue weighted by Crippen LogP contribution is 2.37. The number of carboxylic acids is 1. The summed E-state index contributed by atoms with van der Waals surface area (Å²) in [4.78, 5) is 23.4. The molecule has 172 valence electrons. The molecule has 0 aliphatic heterocycles. The molecule has 0 bridgehead atoms. The van der Waals surface area contributed by atoms with E-state index in [2.05, 4.69) is 0 Å². The Bertz CT molecular complexity index is 959. The molecule has 0 spiro atoms. The number of thioether (sulfide) groups is 1. The Balaban J connectivity index is 1.79. The molecule has 32 heavy (non-hydrogen) atoms. The van der Waals surface area contributed by atoms with E-state index in [0.717, 1.165) is 43.5 Å². The molecule has 1 fully saturated rings. The Morgan fingerprint density at radius 2 is 1.94 bits per heavy atom. The molecule has 0 heterocycles. The summed E-state index contributed by atoms with van der Waals surface area (Å²) in [5.41, 5.74) is 0.953. The van der Waals surface area contributed by atoms with Gasteiger partial charge in [0, 0.05) is 11.6 Å². The van der Waals surface area contributed by atoms with Gasteiger partial charge in [-0.2, -0.15) is 0 Å². The van der Waals surface area contributed by atoms with Crippen molar-refractivity contribution >= 4 is 23.7 Å². The van der Waals surface area contributed by atoms with E-state index in [1.807, 2.05) is 6.07 Å². The quantitative estimate of drug-likeness (QED) is 0.276. The number of carboxylic acid groups (broad SMARTS) is 1. The van der Waals surface area contributed by atoms with Gasteiger partial charge in [0.25, 0.3) is 0 Å². The minimum atomic E-state index is -1.34. The zero-order chi connectivity index (χ0) is 23.1. The van der Waals surface area contributed by atoms with Crippen molar-refractivity contribution in [1.82, 2.24) is 0 Å². The molecule has 1 atom stereocenters. The minimum Gasteiger partial charge on any atom is -0.490 e. The number of carbonyl (C=O) groups is 2. The molecule has 0 radical (unpaired) electrons. The number of hydrogen-bond acceptors (Lipinski definition) is 5. The molecule has 1 aliphatic carbocycles. The van der Waals surface area contributed by atoms with Gasteiger partial charge in [-0.25, -0.2) is 8.78 Å². The number of halogens is 2. The molecule has 3 rings (SSSR count). The molecular weight excluding hydrogens is 438 g/mol. The maximum Gasteiger partial charge on any atom is 0.320 e. The van der Waals surface area contributed by atoms with Crippen LogP contribution in [0, 0.1) is 17.6 Å². The first-order chi connectivity index (χ1) is 15.4. The molecule has 0 saturated heterocycles. The van der Waals surface area contributed by atoms with Gasteiger partial charge >= 0.3 is 11.9 Å². The summed E-state index contributed by atoms with van der Waals surface area (Å²) >= 11 is 1.04. The summed E-state index contributed by atoms with van der Waals surface area (Å²) in [7, 11) is 0. The van der Waals surface area contributed by atoms with E-state index >= 15 is 0 Å². The second kappa shape index (κ2) is 11.3. The lowest BCUT2D eigenvalue weighted by molar-refractivity contribution is -0.158. The Labute approximate surface area is 190 Å². The highest BCUT2D eigenvalue weighted by atomic mass is 32.2. The van der Waals surface area contributed by atoms with Crippen LogP contribution in [-0.2, 0) is 14.3 Å². The standard InChI is InChI=1S/C24H26F2O5S/c1-2-30-24(29)19(23(27)28)10-11-32-22-20(13-16(25)14-21(22)26)15-6-5-9-18(12-15)31-17-7-3-4-8-17/h5-6,9,12-14,17,19H,2-4,7-8,10-11H2,1H3,(H,27,28). The summed E-state index contributed by atoms with van der Waals surface area (Å²) < 4.78 is 39.6. The van der Waals surface area contributed by atoms with E-state index in [1.54, 1.807) is 25.1 Å². The second-order valence-corrected chi connectivity index (χ2v) is 8.70.